The molecule has 1 aliphatic rings. The summed E-state index contributed by atoms with van der Waals surface area (Å²) in [5.74, 6) is 1.16. The molecule has 0 unspecified atom stereocenters. The number of nitrogens with one attached hydrogen (secondary N) is 1. The average Bonchev–Trinajstić information content (AvgIpc) is 3.01. The molecule has 16 heavy (non-hydrogen) atoms. The number of rotatable bonds is 2. The standard InChI is InChI=1S/C11H12N4O/c1-2-6-12-8(4-1)10-14-15-11(16-10)9-5-3-7-13-9/h1-2,4,6,9,13H,3,5,7H2/t9-/m0/s1. The average molecular weight is 216 g/mol. The first-order chi connectivity index (χ1) is 7.93. The molecule has 1 atom stereocenters. The zero-order valence-corrected chi connectivity index (χ0v) is 8.76. The molecule has 1 N–H and O–H groups in total. The highest BCUT2D eigenvalue weighted by molar-refractivity contribution is 5.44. The van der Waals surface area contributed by atoms with Gasteiger partial charge in [0.1, 0.15) is 5.69 Å². The van der Waals surface area contributed by atoms with Gasteiger partial charge in [-0.15, -0.1) is 10.2 Å². The van der Waals surface area contributed by atoms with Crippen molar-refractivity contribution in [3.05, 3.63) is 30.3 Å². The quantitative estimate of drug-likeness (QED) is 0.825. The molecule has 2 aromatic rings. The second kappa shape index (κ2) is 4.02. The zero-order chi connectivity index (χ0) is 10.8. The lowest BCUT2D eigenvalue weighted by Gasteiger charge is -2.01. The molecule has 3 heterocycles. The predicted octanol–water partition coefficient (Wildman–Crippen LogP) is 1.56. The molecule has 1 aliphatic heterocycles. The fourth-order valence-electron chi connectivity index (χ4n) is 1.86. The van der Waals surface area contributed by atoms with E-state index >= 15 is 0 Å². The Morgan fingerprint density at radius 2 is 2.31 bits per heavy atom. The Bertz CT molecular complexity index is 462. The number of aromatic nitrogens is 3. The van der Waals surface area contributed by atoms with Crippen LogP contribution in [0, 0.1) is 0 Å². The minimum atomic E-state index is 0.213. The lowest BCUT2D eigenvalue weighted by Crippen LogP contribution is -2.12. The predicted molar refractivity (Wildman–Crippen MR) is 57.5 cm³/mol. The minimum Gasteiger partial charge on any atom is -0.418 e. The lowest BCUT2D eigenvalue weighted by atomic mass is 10.2. The molecule has 1 saturated heterocycles. The van der Waals surface area contributed by atoms with Gasteiger partial charge in [-0.1, -0.05) is 6.07 Å². The van der Waals surface area contributed by atoms with Crippen molar-refractivity contribution in [3.8, 4) is 11.6 Å². The summed E-state index contributed by atoms with van der Waals surface area (Å²) in [7, 11) is 0. The molecular weight excluding hydrogens is 204 g/mol. The first-order valence-electron chi connectivity index (χ1n) is 5.42. The molecular formula is C11H12N4O. The Morgan fingerprint density at radius 1 is 1.31 bits per heavy atom. The van der Waals surface area contributed by atoms with Gasteiger partial charge in [-0.05, 0) is 31.5 Å². The van der Waals surface area contributed by atoms with E-state index in [2.05, 4.69) is 20.5 Å². The third-order valence-electron chi connectivity index (χ3n) is 2.68. The molecule has 0 bridgehead atoms. The smallest absolute Gasteiger partial charge is 0.266 e. The molecule has 0 saturated carbocycles. The van der Waals surface area contributed by atoms with E-state index in [1.165, 1.54) is 0 Å². The van der Waals surface area contributed by atoms with Gasteiger partial charge in [-0.2, -0.15) is 0 Å². The van der Waals surface area contributed by atoms with Crippen LogP contribution >= 0.6 is 0 Å². The van der Waals surface area contributed by atoms with Gasteiger partial charge in [0, 0.05) is 6.20 Å². The van der Waals surface area contributed by atoms with Crippen LogP contribution in [0.1, 0.15) is 24.8 Å². The highest BCUT2D eigenvalue weighted by Crippen LogP contribution is 2.24. The highest BCUT2D eigenvalue weighted by Gasteiger charge is 2.22. The van der Waals surface area contributed by atoms with Gasteiger partial charge >= 0.3 is 0 Å². The number of nitrogens with zero attached hydrogens (tertiary/aromatic N) is 3. The Hall–Kier alpha value is -1.75. The summed E-state index contributed by atoms with van der Waals surface area (Å²) in [6.07, 6.45) is 3.93. The molecule has 0 radical (unpaired) electrons. The zero-order valence-electron chi connectivity index (χ0n) is 8.76. The number of hydrogen-bond donors (Lipinski definition) is 1. The maximum Gasteiger partial charge on any atom is 0.266 e. The van der Waals surface area contributed by atoms with Crippen molar-refractivity contribution in [2.75, 3.05) is 6.54 Å². The summed E-state index contributed by atoms with van der Waals surface area (Å²) in [5, 5.41) is 11.4. The van der Waals surface area contributed by atoms with Crippen LogP contribution in [0.5, 0.6) is 0 Å². The molecule has 5 heteroatoms. The van der Waals surface area contributed by atoms with Crippen LogP contribution in [0.3, 0.4) is 0 Å². The summed E-state index contributed by atoms with van der Waals surface area (Å²) >= 11 is 0. The van der Waals surface area contributed by atoms with Gasteiger partial charge in [-0.25, -0.2) is 0 Å². The van der Waals surface area contributed by atoms with E-state index in [-0.39, 0.29) is 6.04 Å². The largest absolute Gasteiger partial charge is 0.418 e. The van der Waals surface area contributed by atoms with Gasteiger partial charge in [0.2, 0.25) is 5.89 Å². The number of hydrogen-bond acceptors (Lipinski definition) is 5. The SMILES string of the molecule is c1ccc(-c2nnc([C@@H]3CCCN3)o2)nc1. The van der Waals surface area contributed by atoms with Crippen molar-refractivity contribution in [3.63, 3.8) is 0 Å². The highest BCUT2D eigenvalue weighted by atomic mass is 16.4. The van der Waals surface area contributed by atoms with Gasteiger partial charge in [-0.3, -0.25) is 4.98 Å². The van der Waals surface area contributed by atoms with Crippen LogP contribution < -0.4 is 5.32 Å². The minimum absolute atomic E-state index is 0.213. The van der Waals surface area contributed by atoms with Crippen LogP contribution in [0.4, 0.5) is 0 Å². The van der Waals surface area contributed by atoms with E-state index in [0.29, 0.717) is 11.8 Å². The summed E-state index contributed by atoms with van der Waals surface area (Å²) in [4.78, 5) is 4.17. The molecule has 0 aromatic carbocycles. The first kappa shape index (κ1) is 9.47. The molecule has 5 nitrogen and oxygen atoms in total. The summed E-state index contributed by atoms with van der Waals surface area (Å²) in [6.45, 7) is 1.02. The van der Waals surface area contributed by atoms with Gasteiger partial charge in [0.05, 0.1) is 6.04 Å². The maximum absolute atomic E-state index is 5.61. The third-order valence-corrected chi connectivity index (χ3v) is 2.68. The molecule has 1 fully saturated rings. The number of pyridine rings is 1. The van der Waals surface area contributed by atoms with E-state index in [0.717, 1.165) is 25.1 Å². The molecule has 82 valence electrons. The van der Waals surface area contributed by atoms with Crippen molar-refractivity contribution in [1.29, 1.82) is 0 Å². The lowest BCUT2D eigenvalue weighted by molar-refractivity contribution is 0.436. The molecule has 0 aliphatic carbocycles. The van der Waals surface area contributed by atoms with Crippen LogP contribution in [0.2, 0.25) is 0 Å². The fourth-order valence-corrected chi connectivity index (χ4v) is 1.86. The van der Waals surface area contributed by atoms with Crippen LogP contribution in [-0.4, -0.2) is 21.7 Å². The first-order valence-corrected chi connectivity index (χ1v) is 5.42. The second-order valence-electron chi connectivity index (χ2n) is 3.81. The summed E-state index contributed by atoms with van der Waals surface area (Å²) < 4.78 is 5.61. The van der Waals surface area contributed by atoms with Gasteiger partial charge < -0.3 is 9.73 Å². The Labute approximate surface area is 92.9 Å². The molecule has 0 amide bonds. The molecule has 3 rings (SSSR count). The molecule has 0 spiro atoms. The molecule has 2 aromatic heterocycles. The Morgan fingerprint density at radius 3 is 3.06 bits per heavy atom. The van der Waals surface area contributed by atoms with Crippen molar-refractivity contribution in [1.82, 2.24) is 20.5 Å². The van der Waals surface area contributed by atoms with E-state index in [4.69, 9.17) is 4.42 Å². The van der Waals surface area contributed by atoms with Gasteiger partial charge in [0.25, 0.3) is 5.89 Å². The van der Waals surface area contributed by atoms with E-state index < -0.39 is 0 Å². The Balaban J connectivity index is 1.87. The van der Waals surface area contributed by atoms with Crippen molar-refractivity contribution in [2.24, 2.45) is 0 Å². The fraction of sp³-hybridized carbons (Fsp3) is 0.364. The van der Waals surface area contributed by atoms with Crippen molar-refractivity contribution in [2.45, 2.75) is 18.9 Å². The third kappa shape index (κ3) is 1.69. The normalized spacial score (nSPS) is 20.1. The second-order valence-corrected chi connectivity index (χ2v) is 3.81. The van der Waals surface area contributed by atoms with Crippen molar-refractivity contribution < 1.29 is 4.42 Å². The van der Waals surface area contributed by atoms with E-state index in [1.54, 1.807) is 6.20 Å². The van der Waals surface area contributed by atoms with E-state index in [9.17, 15) is 0 Å². The topological polar surface area (TPSA) is 63.8 Å². The van der Waals surface area contributed by atoms with Crippen LogP contribution in [0.15, 0.2) is 28.8 Å². The van der Waals surface area contributed by atoms with Gasteiger partial charge in [0.15, 0.2) is 0 Å². The maximum atomic E-state index is 5.61. The summed E-state index contributed by atoms with van der Waals surface area (Å²) in [5.41, 5.74) is 0.722. The van der Waals surface area contributed by atoms with Crippen LogP contribution in [-0.2, 0) is 0 Å². The Kier molecular flexibility index (Phi) is 2.38. The van der Waals surface area contributed by atoms with Crippen molar-refractivity contribution >= 4 is 0 Å². The van der Waals surface area contributed by atoms with Crippen LogP contribution in [0.25, 0.3) is 11.6 Å². The summed E-state index contributed by atoms with van der Waals surface area (Å²) in [6, 6.07) is 5.84. The monoisotopic (exact) mass is 216 g/mol. The van der Waals surface area contributed by atoms with E-state index in [1.807, 2.05) is 18.2 Å².